The lowest BCUT2D eigenvalue weighted by atomic mass is 10.4. The number of benzene rings is 1. The highest BCUT2D eigenvalue weighted by Gasteiger charge is 1.95. The molecule has 0 saturated heterocycles. The normalized spacial score (nSPS) is 12.8. The van der Waals surface area contributed by atoms with Gasteiger partial charge in [-0.2, -0.15) is 0 Å². The van der Waals surface area contributed by atoms with Gasteiger partial charge >= 0.3 is 0 Å². The van der Waals surface area contributed by atoms with E-state index in [0.717, 1.165) is 4.90 Å². The molecule has 1 aromatic rings. The molecule has 0 spiro atoms. The molecule has 0 saturated carbocycles. The van der Waals surface area contributed by atoms with Crippen molar-refractivity contribution in [1.82, 2.24) is 0 Å². The topological polar surface area (TPSA) is 37.3 Å². The van der Waals surface area contributed by atoms with Crippen molar-refractivity contribution in [2.24, 2.45) is 0 Å². The summed E-state index contributed by atoms with van der Waals surface area (Å²) < 4.78 is 18.8. The van der Waals surface area contributed by atoms with Crippen LogP contribution in [0.3, 0.4) is 0 Å². The summed E-state index contributed by atoms with van der Waals surface area (Å²) >= 11 is -0.0644. The van der Waals surface area contributed by atoms with Crippen molar-refractivity contribution < 1.29 is 8.76 Å². The molecule has 0 fully saturated rings. The number of hydrogen-bond donors (Lipinski definition) is 1. The van der Waals surface area contributed by atoms with Crippen LogP contribution in [0.15, 0.2) is 35.2 Å². The highest BCUT2D eigenvalue weighted by molar-refractivity contribution is 8.00. The van der Waals surface area contributed by atoms with Crippen LogP contribution < -0.4 is 0 Å². The van der Waals surface area contributed by atoms with Gasteiger partial charge in [0.25, 0.3) is 0 Å². The van der Waals surface area contributed by atoms with E-state index in [9.17, 15) is 4.21 Å². The van der Waals surface area contributed by atoms with Crippen LogP contribution in [0.4, 0.5) is 0 Å². The number of thioether (sulfide) groups is 1. The first kappa shape index (κ1) is 9.77. The molecule has 1 atom stereocenters. The van der Waals surface area contributed by atoms with Gasteiger partial charge in [0.2, 0.25) is 0 Å². The molecule has 1 N–H and O–H groups in total. The van der Waals surface area contributed by atoms with E-state index in [1.807, 2.05) is 30.3 Å². The zero-order chi connectivity index (χ0) is 8.81. The number of rotatable bonds is 4. The van der Waals surface area contributed by atoms with Gasteiger partial charge in [0.15, 0.2) is 11.1 Å². The van der Waals surface area contributed by atoms with Gasteiger partial charge in [-0.15, -0.1) is 11.8 Å². The molecule has 4 heteroatoms. The molecule has 1 aromatic carbocycles. The van der Waals surface area contributed by atoms with E-state index in [4.69, 9.17) is 4.55 Å². The van der Waals surface area contributed by atoms with Crippen molar-refractivity contribution >= 4 is 22.8 Å². The van der Waals surface area contributed by atoms with Gasteiger partial charge in [-0.25, -0.2) is 4.21 Å². The van der Waals surface area contributed by atoms with E-state index in [2.05, 4.69) is 0 Å². The van der Waals surface area contributed by atoms with Gasteiger partial charge < -0.3 is 4.55 Å². The minimum Gasteiger partial charge on any atom is -0.306 e. The standard InChI is InChI=1S/C8H10O2S2/c9-12(10)7-6-11-8-4-2-1-3-5-8/h1-5H,6-7H2,(H,9,10). The first-order valence-corrected chi connectivity index (χ1v) is 5.80. The molecule has 0 radical (unpaired) electrons. The van der Waals surface area contributed by atoms with Crippen LogP contribution in [0.2, 0.25) is 0 Å². The summed E-state index contributed by atoms with van der Waals surface area (Å²) in [6.07, 6.45) is 0. The predicted octanol–water partition coefficient (Wildman–Crippen LogP) is 2.00. The summed E-state index contributed by atoms with van der Waals surface area (Å²) in [5, 5.41) is 0. The molecule has 0 aliphatic carbocycles. The molecule has 1 rings (SSSR count). The second kappa shape index (κ2) is 5.35. The zero-order valence-corrected chi connectivity index (χ0v) is 8.11. The van der Waals surface area contributed by atoms with Crippen molar-refractivity contribution in [3.63, 3.8) is 0 Å². The first-order chi connectivity index (χ1) is 5.79. The van der Waals surface area contributed by atoms with E-state index >= 15 is 0 Å². The second-order valence-corrected chi connectivity index (χ2v) is 4.41. The fourth-order valence-corrected chi connectivity index (χ4v) is 2.24. The van der Waals surface area contributed by atoms with Gasteiger partial charge in [-0.1, -0.05) is 18.2 Å². The van der Waals surface area contributed by atoms with Gasteiger partial charge in [0.05, 0.1) is 5.75 Å². The molecular formula is C8H10O2S2. The quantitative estimate of drug-likeness (QED) is 0.599. The Bertz CT molecular complexity index is 248. The third kappa shape index (κ3) is 3.90. The molecule has 0 aliphatic heterocycles. The van der Waals surface area contributed by atoms with Crippen LogP contribution in [0, 0.1) is 0 Å². The molecule has 2 nitrogen and oxygen atoms in total. The molecule has 1 unspecified atom stereocenters. The van der Waals surface area contributed by atoms with Gasteiger partial charge in [0.1, 0.15) is 0 Å². The fraction of sp³-hybridized carbons (Fsp3) is 0.250. The first-order valence-electron chi connectivity index (χ1n) is 3.54. The Morgan fingerprint density at radius 3 is 2.58 bits per heavy atom. The van der Waals surface area contributed by atoms with Gasteiger partial charge in [-0.3, -0.25) is 0 Å². The van der Waals surface area contributed by atoms with Crippen molar-refractivity contribution in [1.29, 1.82) is 0 Å². The molecule has 0 heterocycles. The molecule has 0 amide bonds. The van der Waals surface area contributed by atoms with E-state index in [1.165, 1.54) is 0 Å². The highest BCUT2D eigenvalue weighted by atomic mass is 32.2. The lowest BCUT2D eigenvalue weighted by molar-refractivity contribution is 0.566. The monoisotopic (exact) mass is 202 g/mol. The lowest BCUT2D eigenvalue weighted by Gasteiger charge is -1.97. The maximum absolute atomic E-state index is 10.3. The Kier molecular flexibility index (Phi) is 4.35. The third-order valence-electron chi connectivity index (χ3n) is 1.27. The second-order valence-electron chi connectivity index (χ2n) is 2.19. The minimum atomic E-state index is -1.66. The summed E-state index contributed by atoms with van der Waals surface area (Å²) in [5.74, 6) is 1.02. The average molecular weight is 202 g/mol. The molecular weight excluding hydrogens is 192 g/mol. The Balaban J connectivity index is 2.29. The number of hydrogen-bond acceptors (Lipinski definition) is 2. The van der Waals surface area contributed by atoms with Crippen LogP contribution in [0.5, 0.6) is 0 Å². The summed E-state index contributed by atoms with van der Waals surface area (Å²) in [6.45, 7) is 0. The smallest absolute Gasteiger partial charge is 0.153 e. The average Bonchev–Trinajstić information content (AvgIpc) is 2.05. The van der Waals surface area contributed by atoms with Crippen molar-refractivity contribution in [3.8, 4) is 0 Å². The van der Waals surface area contributed by atoms with E-state index < -0.39 is 11.1 Å². The maximum atomic E-state index is 10.3. The third-order valence-corrected chi connectivity index (χ3v) is 3.10. The Morgan fingerprint density at radius 2 is 2.00 bits per heavy atom. The Hall–Kier alpha value is -0.320. The van der Waals surface area contributed by atoms with E-state index in [1.54, 1.807) is 11.8 Å². The summed E-state index contributed by atoms with van der Waals surface area (Å²) in [7, 11) is 0. The van der Waals surface area contributed by atoms with Crippen LogP contribution in [-0.2, 0) is 11.1 Å². The largest absolute Gasteiger partial charge is 0.306 e. The van der Waals surface area contributed by atoms with E-state index in [0.29, 0.717) is 11.5 Å². The molecule has 0 bridgehead atoms. The summed E-state index contributed by atoms with van der Waals surface area (Å²) in [5.41, 5.74) is 0. The fourth-order valence-electron chi connectivity index (χ4n) is 0.748. The molecule has 66 valence electrons. The van der Waals surface area contributed by atoms with Crippen LogP contribution >= 0.6 is 11.8 Å². The van der Waals surface area contributed by atoms with Crippen molar-refractivity contribution in [3.05, 3.63) is 30.3 Å². The van der Waals surface area contributed by atoms with E-state index in [-0.39, 0.29) is 0 Å². The highest BCUT2D eigenvalue weighted by Crippen LogP contribution is 2.16. The minimum absolute atomic E-state index is 0.333. The van der Waals surface area contributed by atoms with Crippen LogP contribution in [0.1, 0.15) is 0 Å². The van der Waals surface area contributed by atoms with Crippen molar-refractivity contribution in [2.45, 2.75) is 4.90 Å². The molecule has 0 aliphatic rings. The van der Waals surface area contributed by atoms with Crippen LogP contribution in [-0.4, -0.2) is 20.3 Å². The predicted molar refractivity (Wildman–Crippen MR) is 52.8 cm³/mol. The summed E-state index contributed by atoms with van der Waals surface area (Å²) in [6, 6.07) is 9.85. The molecule has 12 heavy (non-hydrogen) atoms. The SMILES string of the molecule is O=S(O)CCSc1ccccc1. The summed E-state index contributed by atoms with van der Waals surface area (Å²) in [4.78, 5) is 1.14. The van der Waals surface area contributed by atoms with Gasteiger partial charge in [-0.05, 0) is 12.1 Å². The van der Waals surface area contributed by atoms with Crippen LogP contribution in [0.25, 0.3) is 0 Å². The Morgan fingerprint density at radius 1 is 1.33 bits per heavy atom. The Labute approximate surface area is 78.7 Å². The zero-order valence-electron chi connectivity index (χ0n) is 6.47. The molecule has 0 aromatic heterocycles. The van der Waals surface area contributed by atoms with Crippen molar-refractivity contribution in [2.75, 3.05) is 11.5 Å². The maximum Gasteiger partial charge on any atom is 0.153 e. The lowest BCUT2D eigenvalue weighted by Crippen LogP contribution is -1.96. The van der Waals surface area contributed by atoms with Gasteiger partial charge in [0, 0.05) is 10.6 Å².